The van der Waals surface area contributed by atoms with Crippen LogP contribution in [0.5, 0.6) is 0 Å². The van der Waals surface area contributed by atoms with Crippen LogP contribution in [0.15, 0.2) is 12.7 Å². The van der Waals surface area contributed by atoms with Crippen LogP contribution in [0.4, 0.5) is 0 Å². The number of hydrogen-bond donors (Lipinski definition) is 0. The molecule has 0 N–H and O–H groups in total. The van der Waals surface area contributed by atoms with Gasteiger partial charge >= 0.3 is 0 Å². The zero-order valence-electron chi connectivity index (χ0n) is 5.84. The first kappa shape index (κ1) is 10.1. The van der Waals surface area contributed by atoms with Gasteiger partial charge in [0.2, 0.25) is 5.12 Å². The van der Waals surface area contributed by atoms with E-state index in [0.717, 1.165) is 17.3 Å². The first-order valence-corrected chi connectivity index (χ1v) is 5.11. The van der Waals surface area contributed by atoms with Crippen LogP contribution >= 0.6 is 23.5 Å². The largest absolute Gasteiger partial charge is 0.282 e. The lowest BCUT2D eigenvalue weighted by molar-refractivity contribution is -0.107. The first-order chi connectivity index (χ1) is 4.81. The maximum Gasteiger partial charge on any atom is 0.211 e. The molecule has 0 amide bonds. The Labute approximate surface area is 70.6 Å². The molecule has 3 heteroatoms. The molecule has 0 aliphatic heterocycles. The third-order valence-corrected chi connectivity index (χ3v) is 2.68. The second kappa shape index (κ2) is 7.22. The lowest BCUT2D eigenvalue weighted by Crippen LogP contribution is -1.90. The predicted molar refractivity (Wildman–Crippen MR) is 50.3 cm³/mol. The summed E-state index contributed by atoms with van der Waals surface area (Å²) < 4.78 is 0. The van der Waals surface area contributed by atoms with Crippen molar-refractivity contribution in [3.63, 3.8) is 0 Å². The summed E-state index contributed by atoms with van der Waals surface area (Å²) in [4.78, 5) is 10.6. The fourth-order valence-electron chi connectivity index (χ4n) is 0.362. The van der Waals surface area contributed by atoms with E-state index in [2.05, 4.69) is 13.5 Å². The van der Waals surface area contributed by atoms with Crippen LogP contribution in [0.3, 0.4) is 0 Å². The number of rotatable bonds is 5. The smallest absolute Gasteiger partial charge is 0.211 e. The van der Waals surface area contributed by atoms with Crippen molar-refractivity contribution in [3.05, 3.63) is 19.6 Å². The SMILES string of the molecule is [CH2]CSCCSC(=O)C=C. The van der Waals surface area contributed by atoms with E-state index in [-0.39, 0.29) is 5.12 Å². The average Bonchev–Trinajstić information content (AvgIpc) is 1.98. The summed E-state index contributed by atoms with van der Waals surface area (Å²) in [5.41, 5.74) is 0. The molecule has 0 aliphatic rings. The predicted octanol–water partition coefficient (Wildman–Crippen LogP) is 2.00. The highest BCUT2D eigenvalue weighted by Gasteiger charge is 1.94. The summed E-state index contributed by atoms with van der Waals surface area (Å²) >= 11 is 3.05. The van der Waals surface area contributed by atoms with Gasteiger partial charge in [-0.15, -0.1) is 0 Å². The maximum absolute atomic E-state index is 10.6. The van der Waals surface area contributed by atoms with Crippen molar-refractivity contribution in [2.24, 2.45) is 0 Å². The third-order valence-electron chi connectivity index (χ3n) is 0.783. The maximum atomic E-state index is 10.6. The number of carbonyl (C=O) groups is 1. The molecule has 0 aromatic heterocycles. The van der Waals surface area contributed by atoms with Gasteiger partial charge in [0.25, 0.3) is 0 Å². The number of carbonyl (C=O) groups excluding carboxylic acids is 1. The molecule has 0 unspecified atom stereocenters. The Morgan fingerprint density at radius 2 is 2.20 bits per heavy atom. The molecule has 1 radical (unpaired) electrons. The van der Waals surface area contributed by atoms with Crippen LogP contribution in [0.2, 0.25) is 0 Å². The molecular weight excluding hydrogens is 164 g/mol. The summed E-state index contributed by atoms with van der Waals surface area (Å²) in [6.45, 7) is 7.04. The van der Waals surface area contributed by atoms with E-state index in [4.69, 9.17) is 0 Å². The molecule has 0 rings (SSSR count). The van der Waals surface area contributed by atoms with Crippen LogP contribution in [-0.4, -0.2) is 22.4 Å². The minimum Gasteiger partial charge on any atom is -0.282 e. The molecule has 10 heavy (non-hydrogen) atoms. The van der Waals surface area contributed by atoms with E-state index < -0.39 is 0 Å². The van der Waals surface area contributed by atoms with Gasteiger partial charge in [0, 0.05) is 11.5 Å². The van der Waals surface area contributed by atoms with Crippen molar-refractivity contribution in [2.75, 3.05) is 17.3 Å². The monoisotopic (exact) mass is 175 g/mol. The molecule has 0 aromatic rings. The topological polar surface area (TPSA) is 17.1 Å². The summed E-state index contributed by atoms with van der Waals surface area (Å²) in [6, 6.07) is 0. The van der Waals surface area contributed by atoms with Gasteiger partial charge in [-0.25, -0.2) is 0 Å². The van der Waals surface area contributed by atoms with Gasteiger partial charge < -0.3 is 0 Å². The third kappa shape index (κ3) is 6.23. The zero-order valence-corrected chi connectivity index (χ0v) is 7.47. The van der Waals surface area contributed by atoms with Crippen molar-refractivity contribution in [2.45, 2.75) is 0 Å². The summed E-state index contributed by atoms with van der Waals surface area (Å²) in [7, 11) is 0. The second-order valence-electron chi connectivity index (χ2n) is 1.48. The van der Waals surface area contributed by atoms with Gasteiger partial charge in [-0.1, -0.05) is 18.3 Å². The second-order valence-corrected chi connectivity index (χ2v) is 3.81. The number of thioether (sulfide) groups is 2. The van der Waals surface area contributed by atoms with Crippen molar-refractivity contribution in [1.82, 2.24) is 0 Å². The Kier molecular flexibility index (Phi) is 7.30. The van der Waals surface area contributed by atoms with Crippen LogP contribution in [0.25, 0.3) is 0 Å². The van der Waals surface area contributed by atoms with E-state index in [0.29, 0.717) is 0 Å². The van der Waals surface area contributed by atoms with Crippen molar-refractivity contribution in [1.29, 1.82) is 0 Å². The Bertz CT molecular complexity index is 112. The van der Waals surface area contributed by atoms with Gasteiger partial charge in [-0.3, -0.25) is 4.79 Å². The van der Waals surface area contributed by atoms with Gasteiger partial charge in [-0.2, -0.15) is 11.8 Å². The van der Waals surface area contributed by atoms with Crippen LogP contribution < -0.4 is 0 Å². The van der Waals surface area contributed by atoms with Crippen LogP contribution in [0, 0.1) is 6.92 Å². The Balaban J connectivity index is 3.03. The summed E-state index contributed by atoms with van der Waals surface area (Å²) in [5, 5.41) is 0.0599. The first-order valence-electron chi connectivity index (χ1n) is 2.97. The molecule has 57 valence electrons. The van der Waals surface area contributed by atoms with E-state index in [1.165, 1.54) is 17.8 Å². The minimum atomic E-state index is 0.0599. The molecule has 0 aliphatic carbocycles. The van der Waals surface area contributed by atoms with Gasteiger partial charge in [0.05, 0.1) is 0 Å². The van der Waals surface area contributed by atoms with E-state index in [1.807, 2.05) is 0 Å². The van der Waals surface area contributed by atoms with E-state index in [9.17, 15) is 4.79 Å². The fraction of sp³-hybridized carbons (Fsp3) is 0.429. The standard InChI is InChI=1S/C7H11OS2/c1-3-7(8)10-6-5-9-4-2/h3H,1-2,4-6H2. The van der Waals surface area contributed by atoms with Crippen LogP contribution in [-0.2, 0) is 4.79 Å². The molecule has 0 bridgehead atoms. The molecule has 0 fully saturated rings. The molecule has 0 spiro atoms. The summed E-state index contributed by atoms with van der Waals surface area (Å²) in [6.07, 6.45) is 1.35. The van der Waals surface area contributed by atoms with Gasteiger partial charge in [0.1, 0.15) is 0 Å². The van der Waals surface area contributed by atoms with Crippen LogP contribution in [0.1, 0.15) is 0 Å². The molecule has 0 heterocycles. The zero-order chi connectivity index (χ0) is 7.82. The highest BCUT2D eigenvalue weighted by atomic mass is 32.2. The number of hydrogen-bond acceptors (Lipinski definition) is 3. The normalized spacial score (nSPS) is 9.30. The van der Waals surface area contributed by atoms with E-state index >= 15 is 0 Å². The average molecular weight is 175 g/mol. The lowest BCUT2D eigenvalue weighted by atomic mass is 10.7. The van der Waals surface area contributed by atoms with E-state index in [1.54, 1.807) is 11.8 Å². The molecule has 0 atom stereocenters. The van der Waals surface area contributed by atoms with Gasteiger partial charge in [-0.05, 0) is 18.8 Å². The molecular formula is C7H11OS2. The minimum absolute atomic E-state index is 0.0599. The molecule has 0 saturated carbocycles. The van der Waals surface area contributed by atoms with Crippen molar-refractivity contribution < 1.29 is 4.79 Å². The van der Waals surface area contributed by atoms with Gasteiger partial charge in [0.15, 0.2) is 0 Å². The Morgan fingerprint density at radius 1 is 1.50 bits per heavy atom. The molecule has 0 saturated heterocycles. The Morgan fingerprint density at radius 3 is 2.70 bits per heavy atom. The summed E-state index contributed by atoms with van der Waals surface area (Å²) in [5.74, 6) is 2.74. The quantitative estimate of drug-likeness (QED) is 0.470. The molecule has 0 aromatic carbocycles. The lowest BCUT2D eigenvalue weighted by Gasteiger charge is -1.94. The highest BCUT2D eigenvalue weighted by Crippen LogP contribution is 2.07. The molecule has 1 nitrogen and oxygen atoms in total. The van der Waals surface area contributed by atoms with Crippen molar-refractivity contribution >= 4 is 28.6 Å². The fourth-order valence-corrected chi connectivity index (χ4v) is 1.69. The van der Waals surface area contributed by atoms with Crippen molar-refractivity contribution in [3.8, 4) is 0 Å². The Hall–Kier alpha value is 0.110. The highest BCUT2D eigenvalue weighted by molar-refractivity contribution is 8.14.